The van der Waals surface area contributed by atoms with Gasteiger partial charge in [-0.3, -0.25) is 9.59 Å². The highest BCUT2D eigenvalue weighted by Gasteiger charge is 2.28. The number of rotatable bonds is 34. The maximum absolute atomic E-state index is 12.4. The summed E-state index contributed by atoms with van der Waals surface area (Å²) in [6.45, 7) is 3.96. The SMILES string of the molecule is CCCCCCCC/C=C\CCCCCCCC(=O)O[C@@H](CO)C(O)C(=O)CCCCCCC/C=C\CCCCCCCC. The summed E-state index contributed by atoms with van der Waals surface area (Å²) in [5.41, 5.74) is 0. The molecule has 0 aliphatic carbocycles. The van der Waals surface area contributed by atoms with Crippen molar-refractivity contribution in [3.8, 4) is 0 Å². The number of hydrogen-bond donors (Lipinski definition) is 2. The third-order valence-corrected chi connectivity index (χ3v) is 8.47. The minimum Gasteiger partial charge on any atom is -0.457 e. The standard InChI is InChI=1S/C39H72O5/c1-3-5-7-9-11-13-15-17-19-21-23-25-27-29-31-33-36(41)39(43)37(35-40)44-38(42)34-32-30-28-26-24-22-20-18-16-14-12-10-8-6-4-2/h17-20,37,39-40,43H,3-16,21-35H2,1-2H3/b19-17-,20-18-/t37-,39?/m0/s1. The van der Waals surface area contributed by atoms with Crippen molar-refractivity contribution in [2.75, 3.05) is 6.61 Å². The maximum Gasteiger partial charge on any atom is 0.306 e. The van der Waals surface area contributed by atoms with Gasteiger partial charge in [0.25, 0.3) is 0 Å². The van der Waals surface area contributed by atoms with Gasteiger partial charge in [0.1, 0.15) is 0 Å². The van der Waals surface area contributed by atoms with E-state index in [1.165, 1.54) is 103 Å². The molecule has 0 amide bonds. The van der Waals surface area contributed by atoms with Crippen LogP contribution >= 0.6 is 0 Å². The number of esters is 1. The Morgan fingerprint density at radius 2 is 0.864 bits per heavy atom. The third-order valence-electron chi connectivity index (χ3n) is 8.47. The molecule has 0 bridgehead atoms. The van der Waals surface area contributed by atoms with Gasteiger partial charge in [0, 0.05) is 12.8 Å². The van der Waals surface area contributed by atoms with Gasteiger partial charge in [-0.1, -0.05) is 141 Å². The van der Waals surface area contributed by atoms with E-state index in [9.17, 15) is 19.8 Å². The number of carbonyl (C=O) groups is 2. The van der Waals surface area contributed by atoms with Crippen LogP contribution in [0.4, 0.5) is 0 Å². The smallest absolute Gasteiger partial charge is 0.306 e. The van der Waals surface area contributed by atoms with Gasteiger partial charge < -0.3 is 14.9 Å². The predicted molar refractivity (Wildman–Crippen MR) is 187 cm³/mol. The summed E-state index contributed by atoms with van der Waals surface area (Å²) >= 11 is 0. The fourth-order valence-electron chi connectivity index (χ4n) is 5.49. The van der Waals surface area contributed by atoms with E-state index < -0.39 is 24.8 Å². The molecule has 0 heterocycles. The van der Waals surface area contributed by atoms with Crippen LogP contribution in [-0.2, 0) is 14.3 Å². The highest BCUT2D eigenvalue weighted by molar-refractivity contribution is 5.83. The lowest BCUT2D eigenvalue weighted by atomic mass is 10.0. The van der Waals surface area contributed by atoms with Gasteiger partial charge in [0.05, 0.1) is 6.61 Å². The first kappa shape index (κ1) is 42.5. The molecule has 44 heavy (non-hydrogen) atoms. The van der Waals surface area contributed by atoms with Gasteiger partial charge in [-0.2, -0.15) is 0 Å². The average Bonchev–Trinajstić information content (AvgIpc) is 3.03. The highest BCUT2D eigenvalue weighted by Crippen LogP contribution is 2.14. The van der Waals surface area contributed by atoms with E-state index in [-0.39, 0.29) is 18.6 Å². The Kier molecular flexibility index (Phi) is 33.3. The first-order valence-electron chi connectivity index (χ1n) is 18.9. The number of aliphatic hydroxyl groups excluding tert-OH is 2. The predicted octanol–water partition coefficient (Wildman–Crippen LogP) is 10.9. The van der Waals surface area contributed by atoms with E-state index in [1.54, 1.807) is 0 Å². The Hall–Kier alpha value is -1.46. The molecule has 2 atom stereocenters. The van der Waals surface area contributed by atoms with E-state index in [0.717, 1.165) is 57.8 Å². The minimum absolute atomic E-state index is 0.252. The molecule has 5 nitrogen and oxygen atoms in total. The normalized spacial score (nSPS) is 13.2. The molecule has 5 heteroatoms. The molecule has 0 aliphatic heterocycles. The second-order valence-electron chi connectivity index (χ2n) is 12.8. The van der Waals surface area contributed by atoms with E-state index in [0.29, 0.717) is 6.42 Å². The summed E-state index contributed by atoms with van der Waals surface area (Å²) in [7, 11) is 0. The number of ketones is 1. The van der Waals surface area contributed by atoms with Crippen LogP contribution in [0.25, 0.3) is 0 Å². The number of allylic oxidation sites excluding steroid dienone is 4. The van der Waals surface area contributed by atoms with Crippen LogP contribution in [0.3, 0.4) is 0 Å². The zero-order valence-corrected chi connectivity index (χ0v) is 29.1. The van der Waals surface area contributed by atoms with Crippen LogP contribution < -0.4 is 0 Å². The molecule has 0 aromatic heterocycles. The molecule has 2 N–H and O–H groups in total. The van der Waals surface area contributed by atoms with Crippen molar-refractivity contribution in [1.82, 2.24) is 0 Å². The van der Waals surface area contributed by atoms with Crippen LogP contribution in [0, 0.1) is 0 Å². The topological polar surface area (TPSA) is 83.8 Å². The van der Waals surface area contributed by atoms with Crippen molar-refractivity contribution in [2.24, 2.45) is 0 Å². The van der Waals surface area contributed by atoms with E-state index in [4.69, 9.17) is 4.74 Å². The molecule has 0 rings (SSSR count). The Bertz CT molecular complexity index is 686. The zero-order valence-electron chi connectivity index (χ0n) is 29.1. The summed E-state index contributed by atoms with van der Waals surface area (Å²) < 4.78 is 5.26. The number of aliphatic hydroxyl groups is 2. The monoisotopic (exact) mass is 621 g/mol. The van der Waals surface area contributed by atoms with Gasteiger partial charge in [-0.15, -0.1) is 0 Å². The van der Waals surface area contributed by atoms with Gasteiger partial charge in [-0.05, 0) is 64.2 Å². The number of unbranched alkanes of at least 4 members (excludes halogenated alkanes) is 22. The van der Waals surface area contributed by atoms with Gasteiger partial charge in [0.15, 0.2) is 18.0 Å². The fourth-order valence-corrected chi connectivity index (χ4v) is 5.49. The van der Waals surface area contributed by atoms with Gasteiger partial charge >= 0.3 is 5.97 Å². The molecular weight excluding hydrogens is 548 g/mol. The second kappa shape index (κ2) is 34.4. The Morgan fingerprint density at radius 3 is 1.25 bits per heavy atom. The van der Waals surface area contributed by atoms with Crippen molar-refractivity contribution in [1.29, 1.82) is 0 Å². The maximum atomic E-state index is 12.4. The van der Waals surface area contributed by atoms with Gasteiger partial charge in [-0.25, -0.2) is 0 Å². The molecule has 1 unspecified atom stereocenters. The van der Waals surface area contributed by atoms with Gasteiger partial charge in [0.2, 0.25) is 0 Å². The second-order valence-corrected chi connectivity index (χ2v) is 12.8. The van der Waals surface area contributed by atoms with Crippen molar-refractivity contribution in [3.63, 3.8) is 0 Å². The summed E-state index contributed by atoms with van der Waals surface area (Å²) in [6, 6.07) is 0. The molecule has 258 valence electrons. The van der Waals surface area contributed by atoms with Crippen molar-refractivity contribution >= 4 is 11.8 Å². The van der Waals surface area contributed by atoms with Crippen LogP contribution in [0.2, 0.25) is 0 Å². The van der Waals surface area contributed by atoms with E-state index in [1.807, 2.05) is 0 Å². The van der Waals surface area contributed by atoms with Crippen LogP contribution in [0.15, 0.2) is 24.3 Å². The average molecular weight is 621 g/mol. The van der Waals surface area contributed by atoms with Crippen molar-refractivity contribution in [2.45, 2.75) is 206 Å². The minimum atomic E-state index is -1.45. The fraction of sp³-hybridized carbons (Fsp3) is 0.846. The Balaban J connectivity index is 3.73. The first-order valence-corrected chi connectivity index (χ1v) is 18.9. The first-order chi connectivity index (χ1) is 21.6. The van der Waals surface area contributed by atoms with E-state index >= 15 is 0 Å². The number of Topliss-reactive ketones (excluding diaryl/α,β-unsaturated/α-hetero) is 1. The number of carbonyl (C=O) groups excluding carboxylic acids is 2. The largest absolute Gasteiger partial charge is 0.457 e. The molecule has 0 aromatic carbocycles. The Morgan fingerprint density at radius 1 is 0.523 bits per heavy atom. The van der Waals surface area contributed by atoms with Crippen LogP contribution in [-0.4, -0.2) is 40.8 Å². The third kappa shape index (κ3) is 29.3. The summed E-state index contributed by atoms with van der Waals surface area (Å²) in [6.07, 6.45) is 38.0. The Labute approximate surface area is 272 Å². The number of ether oxygens (including phenoxy) is 1. The van der Waals surface area contributed by atoms with E-state index in [2.05, 4.69) is 38.2 Å². The summed E-state index contributed by atoms with van der Waals surface area (Å²) in [5.74, 6) is -0.801. The lowest BCUT2D eigenvalue weighted by Crippen LogP contribution is -2.40. The summed E-state index contributed by atoms with van der Waals surface area (Å²) in [4.78, 5) is 24.6. The lowest BCUT2D eigenvalue weighted by Gasteiger charge is -2.20. The van der Waals surface area contributed by atoms with Crippen molar-refractivity contribution in [3.05, 3.63) is 24.3 Å². The quantitative estimate of drug-likeness (QED) is 0.0425. The molecule has 0 saturated carbocycles. The summed E-state index contributed by atoms with van der Waals surface area (Å²) in [5, 5.41) is 19.9. The molecule has 0 aromatic rings. The molecule has 0 fully saturated rings. The zero-order chi connectivity index (χ0) is 32.4. The molecule has 0 radical (unpaired) electrons. The highest BCUT2D eigenvalue weighted by atomic mass is 16.6. The lowest BCUT2D eigenvalue weighted by molar-refractivity contribution is -0.161. The van der Waals surface area contributed by atoms with Crippen LogP contribution in [0.5, 0.6) is 0 Å². The molecule has 0 saturated heterocycles. The van der Waals surface area contributed by atoms with Crippen molar-refractivity contribution < 1.29 is 24.5 Å². The number of hydrogen-bond acceptors (Lipinski definition) is 5. The molecule has 0 spiro atoms. The molecular formula is C39H72O5. The molecule has 0 aliphatic rings. The van der Waals surface area contributed by atoms with Crippen LogP contribution in [0.1, 0.15) is 194 Å².